The number of hydrogen-bond acceptors (Lipinski definition) is 5. The van der Waals surface area contributed by atoms with Gasteiger partial charge >= 0.3 is 0 Å². The standard InChI is InChI=1S/C26H25N3O2S/c1-3-18-8-12-20(13-9-18)27-25(30)17-32-26-16-24(19-10-14-21(31-2)15-11-19)28-22-6-4-5-7-23(22)29-26/h4-15H,3,16-17H2,1-2H3,(H,27,30). The molecule has 4 rings (SSSR count). The third-order valence-electron chi connectivity index (χ3n) is 5.14. The molecule has 3 aromatic rings. The average molecular weight is 444 g/mol. The van der Waals surface area contributed by atoms with Crippen LogP contribution >= 0.6 is 11.8 Å². The number of rotatable bonds is 6. The van der Waals surface area contributed by atoms with Gasteiger partial charge in [0, 0.05) is 12.1 Å². The molecule has 0 unspecified atom stereocenters. The first-order valence-corrected chi connectivity index (χ1v) is 11.5. The zero-order valence-electron chi connectivity index (χ0n) is 18.2. The molecule has 1 heterocycles. The fourth-order valence-corrected chi connectivity index (χ4v) is 4.13. The molecule has 0 bridgehead atoms. The molecule has 5 nitrogen and oxygen atoms in total. The lowest BCUT2D eigenvalue weighted by molar-refractivity contribution is -0.113. The fourth-order valence-electron chi connectivity index (χ4n) is 3.36. The maximum absolute atomic E-state index is 12.5. The van der Waals surface area contributed by atoms with Crippen molar-refractivity contribution in [1.29, 1.82) is 0 Å². The van der Waals surface area contributed by atoms with Crippen LogP contribution in [0.15, 0.2) is 82.8 Å². The Morgan fingerprint density at radius 1 is 0.969 bits per heavy atom. The van der Waals surface area contributed by atoms with Gasteiger partial charge < -0.3 is 10.1 Å². The molecule has 1 aliphatic heterocycles. The van der Waals surface area contributed by atoms with Crippen LogP contribution < -0.4 is 10.1 Å². The molecular formula is C26H25N3O2S. The van der Waals surface area contributed by atoms with Crippen molar-refractivity contribution in [2.75, 3.05) is 18.2 Å². The Hall–Kier alpha value is -3.38. The molecule has 0 aromatic heterocycles. The van der Waals surface area contributed by atoms with Gasteiger partial charge in [-0.2, -0.15) is 0 Å². The van der Waals surface area contributed by atoms with Crippen molar-refractivity contribution in [2.24, 2.45) is 9.98 Å². The van der Waals surface area contributed by atoms with Gasteiger partial charge in [-0.05, 0) is 66.1 Å². The zero-order chi connectivity index (χ0) is 22.3. The van der Waals surface area contributed by atoms with E-state index in [1.807, 2.05) is 72.8 Å². The Labute approximate surface area is 192 Å². The van der Waals surface area contributed by atoms with Gasteiger partial charge in [-0.15, -0.1) is 11.8 Å². The van der Waals surface area contributed by atoms with Crippen molar-refractivity contribution in [2.45, 2.75) is 19.8 Å². The van der Waals surface area contributed by atoms with Gasteiger partial charge in [-0.1, -0.05) is 31.2 Å². The molecule has 0 saturated heterocycles. The minimum atomic E-state index is -0.0533. The van der Waals surface area contributed by atoms with E-state index in [2.05, 4.69) is 12.2 Å². The second-order valence-corrected chi connectivity index (χ2v) is 8.39. The summed E-state index contributed by atoms with van der Waals surface area (Å²) in [4.78, 5) is 22.2. The number of anilines is 1. The van der Waals surface area contributed by atoms with Crippen LogP contribution in [-0.2, 0) is 11.2 Å². The van der Waals surface area contributed by atoms with Crippen LogP contribution in [0.2, 0.25) is 0 Å². The third-order valence-corrected chi connectivity index (χ3v) is 6.12. The molecule has 1 aliphatic rings. The molecule has 6 heteroatoms. The monoisotopic (exact) mass is 443 g/mol. The van der Waals surface area contributed by atoms with E-state index in [9.17, 15) is 4.79 Å². The van der Waals surface area contributed by atoms with Crippen molar-refractivity contribution >= 4 is 45.5 Å². The number of amides is 1. The Morgan fingerprint density at radius 2 is 1.66 bits per heavy atom. The van der Waals surface area contributed by atoms with Gasteiger partial charge in [0.2, 0.25) is 5.91 Å². The molecular weight excluding hydrogens is 418 g/mol. The van der Waals surface area contributed by atoms with E-state index in [4.69, 9.17) is 14.7 Å². The van der Waals surface area contributed by atoms with Gasteiger partial charge in [0.1, 0.15) is 5.75 Å². The lowest BCUT2D eigenvalue weighted by atomic mass is 10.1. The number of hydrogen-bond donors (Lipinski definition) is 1. The SMILES string of the molecule is CCc1ccc(NC(=O)CSC2=Nc3ccccc3N=C(c3ccc(OC)cc3)C2)cc1. The number of carbonyl (C=O) groups is 1. The number of para-hydroxylation sites is 2. The summed E-state index contributed by atoms with van der Waals surface area (Å²) in [6.07, 6.45) is 1.54. The number of carbonyl (C=O) groups excluding carboxylic acids is 1. The molecule has 0 aliphatic carbocycles. The first-order chi connectivity index (χ1) is 15.6. The van der Waals surface area contributed by atoms with E-state index >= 15 is 0 Å². The predicted molar refractivity (Wildman–Crippen MR) is 134 cm³/mol. The minimum absolute atomic E-state index is 0.0533. The summed E-state index contributed by atoms with van der Waals surface area (Å²) >= 11 is 1.45. The number of nitrogens with one attached hydrogen (secondary N) is 1. The number of benzene rings is 3. The van der Waals surface area contributed by atoms with Crippen molar-refractivity contribution in [3.05, 3.63) is 83.9 Å². The van der Waals surface area contributed by atoms with Gasteiger partial charge in [-0.25, -0.2) is 4.99 Å². The molecule has 0 spiro atoms. The highest BCUT2D eigenvalue weighted by atomic mass is 32.2. The van der Waals surface area contributed by atoms with Crippen LogP contribution in [-0.4, -0.2) is 29.5 Å². The average Bonchev–Trinajstić information content (AvgIpc) is 3.02. The Balaban J connectivity index is 1.49. The summed E-state index contributed by atoms with van der Waals surface area (Å²) in [5, 5.41) is 3.83. The van der Waals surface area contributed by atoms with E-state index < -0.39 is 0 Å². The molecule has 0 atom stereocenters. The van der Waals surface area contributed by atoms with Gasteiger partial charge in [0.15, 0.2) is 0 Å². The Kier molecular flexibility index (Phi) is 7.02. The lowest BCUT2D eigenvalue weighted by Crippen LogP contribution is -2.16. The van der Waals surface area contributed by atoms with E-state index in [1.165, 1.54) is 17.3 Å². The molecule has 162 valence electrons. The fraction of sp³-hybridized carbons (Fsp3) is 0.192. The normalized spacial score (nSPS) is 12.8. The van der Waals surface area contributed by atoms with Crippen LogP contribution in [0, 0.1) is 0 Å². The molecule has 0 radical (unpaired) electrons. The summed E-state index contributed by atoms with van der Waals surface area (Å²) in [6, 6.07) is 23.6. The van der Waals surface area contributed by atoms with Crippen molar-refractivity contribution < 1.29 is 9.53 Å². The number of nitrogens with zero attached hydrogens (tertiary/aromatic N) is 2. The van der Waals surface area contributed by atoms with Gasteiger partial charge in [0.05, 0.1) is 35.0 Å². The van der Waals surface area contributed by atoms with Gasteiger partial charge in [0.25, 0.3) is 0 Å². The number of aliphatic imine (C=N–C) groups is 2. The number of methoxy groups -OCH3 is 1. The number of ether oxygens (including phenoxy) is 1. The summed E-state index contributed by atoms with van der Waals surface area (Å²) in [6.45, 7) is 2.11. The molecule has 1 amide bonds. The highest BCUT2D eigenvalue weighted by molar-refractivity contribution is 8.14. The maximum atomic E-state index is 12.5. The lowest BCUT2D eigenvalue weighted by Gasteiger charge is -2.09. The molecule has 32 heavy (non-hydrogen) atoms. The third kappa shape index (κ3) is 5.45. The molecule has 3 aromatic carbocycles. The minimum Gasteiger partial charge on any atom is -0.497 e. The number of thioether (sulfide) groups is 1. The molecule has 0 fully saturated rings. The van der Waals surface area contributed by atoms with E-state index in [0.717, 1.165) is 45.6 Å². The first kappa shape index (κ1) is 21.8. The second kappa shape index (κ2) is 10.3. The highest BCUT2D eigenvalue weighted by Crippen LogP contribution is 2.33. The predicted octanol–water partition coefficient (Wildman–Crippen LogP) is 6.18. The smallest absolute Gasteiger partial charge is 0.234 e. The van der Waals surface area contributed by atoms with Crippen LogP contribution in [0.25, 0.3) is 0 Å². The summed E-state index contributed by atoms with van der Waals surface area (Å²) < 4.78 is 5.27. The molecule has 0 saturated carbocycles. The van der Waals surface area contributed by atoms with Gasteiger partial charge in [-0.3, -0.25) is 9.79 Å². The topological polar surface area (TPSA) is 63.0 Å². The van der Waals surface area contributed by atoms with E-state index in [-0.39, 0.29) is 11.7 Å². The zero-order valence-corrected chi connectivity index (χ0v) is 19.0. The number of fused-ring (bicyclic) bond motifs is 1. The number of aryl methyl sites for hydroxylation is 1. The molecule has 1 N–H and O–H groups in total. The Morgan fingerprint density at radius 3 is 2.31 bits per heavy atom. The van der Waals surface area contributed by atoms with Crippen LogP contribution in [0.5, 0.6) is 5.75 Å². The summed E-state index contributed by atoms with van der Waals surface area (Å²) in [5.74, 6) is 1.03. The first-order valence-electron chi connectivity index (χ1n) is 10.5. The van der Waals surface area contributed by atoms with E-state index in [0.29, 0.717) is 6.42 Å². The van der Waals surface area contributed by atoms with Crippen LogP contribution in [0.3, 0.4) is 0 Å². The quantitative estimate of drug-likeness (QED) is 0.494. The Bertz CT molecular complexity index is 1150. The maximum Gasteiger partial charge on any atom is 0.234 e. The second-order valence-electron chi connectivity index (χ2n) is 7.35. The van der Waals surface area contributed by atoms with E-state index in [1.54, 1.807) is 7.11 Å². The van der Waals surface area contributed by atoms with Crippen LogP contribution in [0.1, 0.15) is 24.5 Å². The highest BCUT2D eigenvalue weighted by Gasteiger charge is 2.17. The summed E-state index contributed by atoms with van der Waals surface area (Å²) in [7, 11) is 1.65. The van der Waals surface area contributed by atoms with Crippen molar-refractivity contribution in [3.63, 3.8) is 0 Å². The largest absolute Gasteiger partial charge is 0.497 e. The van der Waals surface area contributed by atoms with Crippen LogP contribution in [0.4, 0.5) is 17.1 Å². The summed E-state index contributed by atoms with van der Waals surface area (Å²) in [5.41, 5.74) is 5.62. The van der Waals surface area contributed by atoms with Crippen molar-refractivity contribution in [3.8, 4) is 5.75 Å². The van der Waals surface area contributed by atoms with Crippen molar-refractivity contribution in [1.82, 2.24) is 0 Å².